The highest BCUT2D eigenvalue weighted by Gasteiger charge is 2.00. The Kier molecular flexibility index (Phi) is 2.54. The number of nitrogens with zero attached hydrogens (tertiary/aromatic N) is 2. The van der Waals surface area contributed by atoms with Crippen molar-refractivity contribution in [2.75, 3.05) is 5.73 Å². The van der Waals surface area contributed by atoms with Crippen molar-refractivity contribution in [2.45, 2.75) is 6.54 Å². The maximum Gasteiger partial charge on any atom is 0.145 e. The Hall–Kier alpha value is -1.29. The average Bonchev–Trinajstić information content (AvgIpc) is 2.56. The first-order valence-electron chi connectivity index (χ1n) is 4.28. The summed E-state index contributed by atoms with van der Waals surface area (Å²) in [5.41, 5.74) is 6.72. The van der Waals surface area contributed by atoms with Crippen LogP contribution < -0.4 is 5.73 Å². The van der Waals surface area contributed by atoms with Gasteiger partial charge in [-0.25, -0.2) is 0 Å². The summed E-state index contributed by atoms with van der Waals surface area (Å²) in [7, 11) is 0. The number of aromatic nitrogens is 2. The maximum absolute atomic E-state index is 5.53. The molecule has 2 aromatic rings. The highest BCUT2D eigenvalue weighted by Crippen LogP contribution is 2.16. The summed E-state index contributed by atoms with van der Waals surface area (Å²) in [6.07, 6.45) is 1.87. The van der Waals surface area contributed by atoms with Crippen LogP contribution in [-0.2, 0) is 6.54 Å². The van der Waals surface area contributed by atoms with E-state index in [1.165, 1.54) is 5.56 Å². The molecule has 1 heterocycles. The molecule has 0 amide bonds. The second-order valence-corrected chi connectivity index (χ2v) is 3.88. The van der Waals surface area contributed by atoms with Crippen molar-refractivity contribution in [1.82, 2.24) is 9.78 Å². The maximum atomic E-state index is 5.53. The second-order valence-electron chi connectivity index (χ2n) is 3.03. The summed E-state index contributed by atoms with van der Waals surface area (Å²) in [5.74, 6) is 0.553. The van der Waals surface area contributed by atoms with Gasteiger partial charge in [0.1, 0.15) is 5.82 Å². The highest BCUT2D eigenvalue weighted by molar-refractivity contribution is 9.10. The molecule has 0 fully saturated rings. The molecule has 0 atom stereocenters. The Labute approximate surface area is 90.7 Å². The van der Waals surface area contributed by atoms with Crippen molar-refractivity contribution >= 4 is 21.7 Å². The largest absolute Gasteiger partial charge is 0.382 e. The lowest BCUT2D eigenvalue weighted by Gasteiger charge is -2.03. The Morgan fingerprint density at radius 3 is 2.71 bits per heavy atom. The van der Waals surface area contributed by atoms with Crippen molar-refractivity contribution in [3.63, 3.8) is 0 Å². The number of nitrogen functional groups attached to an aromatic ring is 1. The van der Waals surface area contributed by atoms with Crippen LogP contribution >= 0.6 is 15.9 Å². The average molecular weight is 252 g/mol. The van der Waals surface area contributed by atoms with Gasteiger partial charge in [-0.15, -0.1) is 0 Å². The van der Waals surface area contributed by atoms with Crippen LogP contribution in [0.25, 0.3) is 0 Å². The first-order chi connectivity index (χ1) is 6.75. The molecule has 0 aliphatic carbocycles. The zero-order valence-corrected chi connectivity index (χ0v) is 9.11. The quantitative estimate of drug-likeness (QED) is 0.890. The molecule has 2 rings (SSSR count). The Balaban J connectivity index is 2.23. The van der Waals surface area contributed by atoms with Crippen molar-refractivity contribution in [2.24, 2.45) is 0 Å². The number of benzene rings is 1. The Morgan fingerprint density at radius 1 is 1.29 bits per heavy atom. The Morgan fingerprint density at radius 2 is 2.07 bits per heavy atom. The minimum absolute atomic E-state index is 0.553. The van der Waals surface area contributed by atoms with E-state index in [1.54, 1.807) is 6.07 Å². The predicted molar refractivity (Wildman–Crippen MR) is 59.9 cm³/mol. The number of nitrogens with two attached hydrogens (primary N) is 1. The standard InChI is InChI=1S/C10H10BrN3/c11-9-4-2-1-3-8(9)7-14-6-5-10(12)13-14/h1-6H,7H2,(H2,12,13). The molecular formula is C10H10BrN3. The predicted octanol–water partition coefficient (Wildman–Crippen LogP) is 2.28. The molecule has 0 bridgehead atoms. The van der Waals surface area contributed by atoms with E-state index in [9.17, 15) is 0 Å². The summed E-state index contributed by atoms with van der Waals surface area (Å²) < 4.78 is 2.91. The minimum atomic E-state index is 0.553. The van der Waals surface area contributed by atoms with Gasteiger partial charge in [-0.1, -0.05) is 34.1 Å². The number of rotatable bonds is 2. The molecule has 0 unspecified atom stereocenters. The molecule has 14 heavy (non-hydrogen) atoms. The molecule has 0 aliphatic rings. The number of halogens is 1. The van der Waals surface area contributed by atoms with Crippen LogP contribution in [0.5, 0.6) is 0 Å². The topological polar surface area (TPSA) is 43.8 Å². The zero-order chi connectivity index (χ0) is 9.97. The highest BCUT2D eigenvalue weighted by atomic mass is 79.9. The van der Waals surface area contributed by atoms with Crippen LogP contribution in [-0.4, -0.2) is 9.78 Å². The molecule has 0 spiro atoms. The van der Waals surface area contributed by atoms with Crippen molar-refractivity contribution in [1.29, 1.82) is 0 Å². The molecule has 1 aromatic heterocycles. The lowest BCUT2D eigenvalue weighted by Crippen LogP contribution is -2.01. The van der Waals surface area contributed by atoms with Crippen molar-refractivity contribution < 1.29 is 0 Å². The molecule has 0 aliphatic heterocycles. The summed E-state index contributed by atoms with van der Waals surface area (Å²) in [6, 6.07) is 9.86. The smallest absolute Gasteiger partial charge is 0.145 e. The van der Waals surface area contributed by atoms with Gasteiger partial charge in [-0.05, 0) is 17.7 Å². The summed E-state index contributed by atoms with van der Waals surface area (Å²) >= 11 is 3.49. The van der Waals surface area contributed by atoms with E-state index in [1.807, 2.05) is 29.1 Å². The fourth-order valence-corrected chi connectivity index (χ4v) is 1.68. The van der Waals surface area contributed by atoms with Gasteiger partial charge >= 0.3 is 0 Å². The first-order valence-corrected chi connectivity index (χ1v) is 5.07. The molecule has 72 valence electrons. The van der Waals surface area contributed by atoms with E-state index in [2.05, 4.69) is 27.1 Å². The van der Waals surface area contributed by atoms with E-state index < -0.39 is 0 Å². The third kappa shape index (κ3) is 1.96. The molecular weight excluding hydrogens is 242 g/mol. The van der Waals surface area contributed by atoms with Crippen molar-refractivity contribution in [3.8, 4) is 0 Å². The monoisotopic (exact) mass is 251 g/mol. The van der Waals surface area contributed by atoms with E-state index in [0.717, 1.165) is 11.0 Å². The van der Waals surface area contributed by atoms with Crippen LogP contribution in [0.15, 0.2) is 41.0 Å². The first kappa shape index (κ1) is 9.27. The van der Waals surface area contributed by atoms with Crippen LogP contribution in [0.1, 0.15) is 5.56 Å². The lowest BCUT2D eigenvalue weighted by atomic mass is 10.2. The second kappa shape index (κ2) is 3.84. The van der Waals surface area contributed by atoms with Crippen LogP contribution in [0.2, 0.25) is 0 Å². The van der Waals surface area contributed by atoms with E-state index in [0.29, 0.717) is 5.82 Å². The summed E-state index contributed by atoms with van der Waals surface area (Å²) in [6.45, 7) is 0.735. The van der Waals surface area contributed by atoms with Gasteiger partial charge in [-0.3, -0.25) is 4.68 Å². The van der Waals surface area contributed by atoms with Gasteiger partial charge in [0.05, 0.1) is 6.54 Å². The van der Waals surface area contributed by atoms with Gasteiger partial charge in [-0.2, -0.15) is 5.10 Å². The van der Waals surface area contributed by atoms with Gasteiger partial charge < -0.3 is 5.73 Å². The van der Waals surface area contributed by atoms with E-state index in [4.69, 9.17) is 5.73 Å². The lowest BCUT2D eigenvalue weighted by molar-refractivity contribution is 0.688. The third-order valence-corrected chi connectivity index (χ3v) is 2.73. The molecule has 0 radical (unpaired) electrons. The fourth-order valence-electron chi connectivity index (χ4n) is 1.27. The number of hydrogen-bond acceptors (Lipinski definition) is 2. The normalized spacial score (nSPS) is 10.4. The molecule has 0 saturated carbocycles. The van der Waals surface area contributed by atoms with E-state index >= 15 is 0 Å². The molecule has 2 N–H and O–H groups in total. The molecule has 3 nitrogen and oxygen atoms in total. The minimum Gasteiger partial charge on any atom is -0.382 e. The molecule has 0 saturated heterocycles. The summed E-state index contributed by atoms with van der Waals surface area (Å²) in [4.78, 5) is 0. The van der Waals surface area contributed by atoms with Crippen LogP contribution in [0.3, 0.4) is 0 Å². The number of hydrogen-bond donors (Lipinski definition) is 1. The van der Waals surface area contributed by atoms with Gasteiger partial charge in [0.2, 0.25) is 0 Å². The zero-order valence-electron chi connectivity index (χ0n) is 7.52. The van der Waals surface area contributed by atoms with Gasteiger partial charge in [0.15, 0.2) is 0 Å². The summed E-state index contributed by atoms with van der Waals surface area (Å²) in [5, 5.41) is 4.12. The third-order valence-electron chi connectivity index (χ3n) is 1.95. The molecule has 1 aromatic carbocycles. The van der Waals surface area contributed by atoms with Crippen LogP contribution in [0.4, 0.5) is 5.82 Å². The van der Waals surface area contributed by atoms with E-state index in [-0.39, 0.29) is 0 Å². The SMILES string of the molecule is Nc1ccn(Cc2ccccc2Br)n1. The van der Waals surface area contributed by atoms with Gasteiger partial charge in [0.25, 0.3) is 0 Å². The molecule has 4 heteroatoms. The number of anilines is 1. The van der Waals surface area contributed by atoms with Crippen LogP contribution in [0, 0.1) is 0 Å². The fraction of sp³-hybridized carbons (Fsp3) is 0.100. The van der Waals surface area contributed by atoms with Gasteiger partial charge in [0, 0.05) is 10.7 Å². The Bertz CT molecular complexity index is 436. The van der Waals surface area contributed by atoms with Crippen molar-refractivity contribution in [3.05, 3.63) is 46.6 Å².